The molecular weight excluding hydrogens is 258 g/mol. The SMILES string of the molecule is CCOC(=O)c1cc(OC(C)C)c(OC(C)C)cc1N. The van der Waals surface area contributed by atoms with Crippen LogP contribution in [0.25, 0.3) is 0 Å². The number of benzene rings is 1. The van der Waals surface area contributed by atoms with Crippen LogP contribution >= 0.6 is 0 Å². The molecule has 0 atom stereocenters. The molecule has 0 saturated carbocycles. The second kappa shape index (κ2) is 7.03. The summed E-state index contributed by atoms with van der Waals surface area (Å²) in [5.74, 6) is 0.555. The van der Waals surface area contributed by atoms with Gasteiger partial charge in [0.2, 0.25) is 0 Å². The van der Waals surface area contributed by atoms with E-state index in [0.29, 0.717) is 29.4 Å². The van der Waals surface area contributed by atoms with Crippen LogP contribution in [-0.2, 0) is 4.74 Å². The number of rotatable bonds is 6. The van der Waals surface area contributed by atoms with Crippen molar-refractivity contribution < 1.29 is 19.0 Å². The van der Waals surface area contributed by atoms with Crippen LogP contribution in [0, 0.1) is 0 Å². The Morgan fingerprint density at radius 1 is 1.10 bits per heavy atom. The van der Waals surface area contributed by atoms with Gasteiger partial charge in [0.15, 0.2) is 11.5 Å². The molecule has 1 aromatic carbocycles. The van der Waals surface area contributed by atoms with Crippen molar-refractivity contribution in [3.8, 4) is 11.5 Å². The molecule has 20 heavy (non-hydrogen) atoms. The largest absolute Gasteiger partial charge is 0.487 e. The summed E-state index contributed by atoms with van der Waals surface area (Å²) in [7, 11) is 0. The van der Waals surface area contributed by atoms with Crippen LogP contribution in [0.2, 0.25) is 0 Å². The summed E-state index contributed by atoms with van der Waals surface area (Å²) in [6.07, 6.45) is -0.0551. The van der Waals surface area contributed by atoms with Crippen molar-refractivity contribution in [3.05, 3.63) is 17.7 Å². The van der Waals surface area contributed by atoms with Gasteiger partial charge < -0.3 is 19.9 Å². The minimum atomic E-state index is -0.463. The zero-order chi connectivity index (χ0) is 15.3. The number of nitrogen functional groups attached to an aromatic ring is 1. The second-order valence-electron chi connectivity index (χ2n) is 4.94. The number of ether oxygens (including phenoxy) is 3. The number of nitrogens with two attached hydrogens (primary N) is 1. The maximum Gasteiger partial charge on any atom is 0.340 e. The fourth-order valence-electron chi connectivity index (χ4n) is 1.65. The Morgan fingerprint density at radius 3 is 2.05 bits per heavy atom. The molecule has 0 amide bonds. The van der Waals surface area contributed by atoms with Crippen LogP contribution in [0.5, 0.6) is 11.5 Å². The fourth-order valence-corrected chi connectivity index (χ4v) is 1.65. The Bertz CT molecular complexity index is 469. The molecule has 0 heterocycles. The molecular formula is C15H23NO4. The highest BCUT2D eigenvalue weighted by Gasteiger charge is 2.18. The van der Waals surface area contributed by atoms with E-state index in [4.69, 9.17) is 19.9 Å². The molecule has 0 unspecified atom stereocenters. The monoisotopic (exact) mass is 281 g/mol. The summed E-state index contributed by atoms with van der Waals surface area (Å²) in [6.45, 7) is 9.67. The molecule has 0 spiro atoms. The van der Waals surface area contributed by atoms with E-state index in [1.165, 1.54) is 0 Å². The minimum absolute atomic E-state index is 0.0163. The molecule has 5 heteroatoms. The molecule has 0 bridgehead atoms. The number of esters is 1. The quantitative estimate of drug-likeness (QED) is 0.641. The summed E-state index contributed by atoms with van der Waals surface area (Å²) in [4.78, 5) is 11.8. The highest BCUT2D eigenvalue weighted by molar-refractivity contribution is 5.96. The van der Waals surface area contributed by atoms with Gasteiger partial charge in [-0.2, -0.15) is 0 Å². The predicted molar refractivity (Wildman–Crippen MR) is 78.3 cm³/mol. The lowest BCUT2D eigenvalue weighted by Crippen LogP contribution is -2.14. The van der Waals surface area contributed by atoms with Crippen molar-refractivity contribution in [3.63, 3.8) is 0 Å². The van der Waals surface area contributed by atoms with Crippen LogP contribution < -0.4 is 15.2 Å². The van der Waals surface area contributed by atoms with E-state index in [-0.39, 0.29) is 12.2 Å². The van der Waals surface area contributed by atoms with Crippen LogP contribution in [0.15, 0.2) is 12.1 Å². The summed E-state index contributed by atoms with van der Waals surface area (Å²) >= 11 is 0. The van der Waals surface area contributed by atoms with Gasteiger partial charge >= 0.3 is 5.97 Å². The zero-order valence-electron chi connectivity index (χ0n) is 12.7. The van der Waals surface area contributed by atoms with E-state index in [1.807, 2.05) is 27.7 Å². The third-order valence-corrected chi connectivity index (χ3v) is 2.34. The van der Waals surface area contributed by atoms with Crippen molar-refractivity contribution in [2.75, 3.05) is 12.3 Å². The van der Waals surface area contributed by atoms with Crippen molar-refractivity contribution in [1.82, 2.24) is 0 Å². The average Bonchev–Trinajstić information content (AvgIpc) is 2.31. The van der Waals surface area contributed by atoms with E-state index in [2.05, 4.69) is 0 Å². The highest BCUT2D eigenvalue weighted by Crippen LogP contribution is 2.34. The van der Waals surface area contributed by atoms with Crippen LogP contribution in [0.3, 0.4) is 0 Å². The van der Waals surface area contributed by atoms with Crippen molar-refractivity contribution in [2.24, 2.45) is 0 Å². The first kappa shape index (κ1) is 16.1. The van der Waals surface area contributed by atoms with Crippen LogP contribution in [-0.4, -0.2) is 24.8 Å². The molecule has 112 valence electrons. The molecule has 0 aliphatic carbocycles. The Kier molecular flexibility index (Phi) is 5.67. The van der Waals surface area contributed by atoms with Gasteiger partial charge in [-0.05, 0) is 34.6 Å². The maximum atomic E-state index is 11.8. The molecule has 1 aromatic rings. The summed E-state index contributed by atoms with van der Waals surface area (Å²) in [6, 6.07) is 3.18. The minimum Gasteiger partial charge on any atom is -0.487 e. The molecule has 0 fully saturated rings. The van der Waals surface area contributed by atoms with Gasteiger partial charge in [-0.25, -0.2) is 4.79 Å². The third-order valence-electron chi connectivity index (χ3n) is 2.34. The van der Waals surface area contributed by atoms with Crippen molar-refractivity contribution in [2.45, 2.75) is 46.8 Å². The van der Waals surface area contributed by atoms with E-state index in [9.17, 15) is 4.79 Å². The normalized spacial score (nSPS) is 10.8. The van der Waals surface area contributed by atoms with Crippen LogP contribution in [0.4, 0.5) is 5.69 Å². The van der Waals surface area contributed by atoms with Crippen LogP contribution in [0.1, 0.15) is 45.0 Å². The summed E-state index contributed by atoms with van der Waals surface area (Å²) in [5.41, 5.74) is 6.50. The van der Waals surface area contributed by atoms with E-state index < -0.39 is 5.97 Å². The number of anilines is 1. The van der Waals surface area contributed by atoms with E-state index >= 15 is 0 Å². The Labute approximate surface area is 120 Å². The first-order valence-corrected chi connectivity index (χ1v) is 6.79. The zero-order valence-corrected chi connectivity index (χ0v) is 12.7. The lowest BCUT2D eigenvalue weighted by atomic mass is 10.1. The number of hydrogen-bond donors (Lipinski definition) is 1. The van der Waals surface area contributed by atoms with Gasteiger partial charge in [0.25, 0.3) is 0 Å². The molecule has 0 radical (unpaired) electrons. The van der Waals surface area contributed by atoms with Crippen molar-refractivity contribution >= 4 is 11.7 Å². The van der Waals surface area contributed by atoms with Gasteiger partial charge in [0, 0.05) is 12.1 Å². The lowest BCUT2D eigenvalue weighted by Gasteiger charge is -2.18. The molecule has 1 rings (SSSR count). The highest BCUT2D eigenvalue weighted by atomic mass is 16.5. The third kappa shape index (κ3) is 4.33. The second-order valence-corrected chi connectivity index (χ2v) is 4.94. The van der Waals surface area contributed by atoms with Gasteiger partial charge in [-0.3, -0.25) is 0 Å². The first-order chi connectivity index (χ1) is 9.35. The Balaban J connectivity index is 3.20. The van der Waals surface area contributed by atoms with E-state index in [1.54, 1.807) is 19.1 Å². The molecule has 0 aliphatic rings. The number of carbonyl (C=O) groups excluding carboxylic acids is 1. The first-order valence-electron chi connectivity index (χ1n) is 6.79. The smallest absolute Gasteiger partial charge is 0.340 e. The molecule has 0 saturated heterocycles. The lowest BCUT2D eigenvalue weighted by molar-refractivity contribution is 0.0526. The average molecular weight is 281 g/mol. The van der Waals surface area contributed by atoms with Gasteiger partial charge in [-0.15, -0.1) is 0 Å². The standard InChI is InChI=1S/C15H23NO4/c1-6-18-15(17)11-7-13(19-9(2)3)14(8-12(11)16)20-10(4)5/h7-10H,6,16H2,1-5H3. The summed E-state index contributed by atoms with van der Waals surface area (Å²) in [5, 5.41) is 0. The van der Waals surface area contributed by atoms with Gasteiger partial charge in [0.1, 0.15) is 0 Å². The van der Waals surface area contributed by atoms with Gasteiger partial charge in [0.05, 0.1) is 30.1 Å². The fraction of sp³-hybridized carbons (Fsp3) is 0.533. The topological polar surface area (TPSA) is 70.8 Å². The Hall–Kier alpha value is -1.91. The molecule has 2 N–H and O–H groups in total. The summed E-state index contributed by atoms with van der Waals surface area (Å²) < 4.78 is 16.3. The predicted octanol–water partition coefficient (Wildman–Crippen LogP) is 3.02. The maximum absolute atomic E-state index is 11.8. The number of carbonyl (C=O) groups is 1. The molecule has 5 nitrogen and oxygen atoms in total. The van der Waals surface area contributed by atoms with Gasteiger partial charge in [-0.1, -0.05) is 0 Å². The van der Waals surface area contributed by atoms with Crippen molar-refractivity contribution in [1.29, 1.82) is 0 Å². The molecule has 0 aromatic heterocycles. The van der Waals surface area contributed by atoms with E-state index in [0.717, 1.165) is 0 Å². The number of hydrogen-bond acceptors (Lipinski definition) is 5. The Morgan fingerprint density at radius 2 is 1.60 bits per heavy atom. The molecule has 0 aliphatic heterocycles.